The van der Waals surface area contributed by atoms with E-state index in [1.807, 2.05) is 26.0 Å². The van der Waals surface area contributed by atoms with Gasteiger partial charge in [-0.15, -0.1) is 6.42 Å². The van der Waals surface area contributed by atoms with E-state index < -0.39 is 0 Å². The van der Waals surface area contributed by atoms with Crippen LogP contribution in [0.2, 0.25) is 0 Å². The largest absolute Gasteiger partial charge is 0.327 e. The van der Waals surface area contributed by atoms with Gasteiger partial charge in [0, 0.05) is 12.1 Å². The number of carbonyl (C=O) groups is 1. The number of carbonyl (C=O) groups excluding carboxylic acids is 1. The molecule has 1 aromatic rings. The maximum atomic E-state index is 12.4. The van der Waals surface area contributed by atoms with Crippen LogP contribution in [0, 0.1) is 32.1 Å². The first-order chi connectivity index (χ1) is 8.60. The minimum absolute atomic E-state index is 0.0617. The zero-order valence-corrected chi connectivity index (χ0v) is 11.1. The van der Waals surface area contributed by atoms with Crippen LogP contribution in [0.3, 0.4) is 0 Å². The molecule has 94 valence electrons. The molecule has 2 nitrogen and oxygen atoms in total. The Kier molecular flexibility index (Phi) is 3.72. The first-order valence-electron chi connectivity index (χ1n) is 6.41. The average molecular weight is 241 g/mol. The predicted octanol–water partition coefficient (Wildman–Crippen LogP) is 2.79. The Bertz CT molecular complexity index is 474. The van der Waals surface area contributed by atoms with Crippen molar-refractivity contribution >= 4 is 5.91 Å². The molecule has 1 aliphatic rings. The summed E-state index contributed by atoms with van der Waals surface area (Å²) in [4.78, 5) is 14.2. The third kappa shape index (κ3) is 3.13. The van der Waals surface area contributed by atoms with Crippen LogP contribution < -0.4 is 0 Å². The van der Waals surface area contributed by atoms with Crippen LogP contribution in [-0.2, 0) is 0 Å². The predicted molar refractivity (Wildman–Crippen MR) is 73.4 cm³/mol. The number of hydrogen-bond acceptors (Lipinski definition) is 1. The summed E-state index contributed by atoms with van der Waals surface area (Å²) in [6.07, 6.45) is 7.80. The Hall–Kier alpha value is -1.75. The van der Waals surface area contributed by atoms with Crippen molar-refractivity contribution in [1.29, 1.82) is 0 Å². The molecule has 2 rings (SSSR count). The Balaban J connectivity index is 2.18. The number of benzene rings is 1. The summed E-state index contributed by atoms with van der Waals surface area (Å²) in [7, 11) is 0. The Morgan fingerprint density at radius 3 is 2.44 bits per heavy atom. The molecule has 0 atom stereocenters. The molecule has 1 fully saturated rings. The number of hydrogen-bond donors (Lipinski definition) is 0. The number of terminal acetylenes is 1. The summed E-state index contributed by atoms with van der Waals surface area (Å²) in [5, 5.41) is 0. The van der Waals surface area contributed by atoms with Crippen LogP contribution in [-0.4, -0.2) is 23.9 Å². The molecule has 0 saturated heterocycles. The van der Waals surface area contributed by atoms with Crippen molar-refractivity contribution in [2.75, 3.05) is 13.1 Å². The smallest absolute Gasteiger partial charge is 0.254 e. The van der Waals surface area contributed by atoms with Gasteiger partial charge in [0.15, 0.2) is 0 Å². The van der Waals surface area contributed by atoms with Gasteiger partial charge in [-0.2, -0.15) is 0 Å². The summed E-state index contributed by atoms with van der Waals surface area (Å²) in [5.41, 5.74) is 2.99. The Morgan fingerprint density at radius 2 is 1.94 bits per heavy atom. The molecule has 2 heteroatoms. The lowest BCUT2D eigenvalue weighted by Gasteiger charge is -2.20. The molecular formula is C16H19NO. The maximum Gasteiger partial charge on any atom is 0.254 e. The molecule has 0 aliphatic heterocycles. The van der Waals surface area contributed by atoms with Crippen LogP contribution in [0.25, 0.3) is 0 Å². The summed E-state index contributed by atoms with van der Waals surface area (Å²) in [6.45, 7) is 5.23. The lowest BCUT2D eigenvalue weighted by Crippen LogP contribution is -2.33. The van der Waals surface area contributed by atoms with Gasteiger partial charge in [-0.05, 0) is 44.7 Å². The highest BCUT2D eigenvalue weighted by Gasteiger charge is 2.26. The summed E-state index contributed by atoms with van der Waals surface area (Å²) >= 11 is 0. The van der Waals surface area contributed by atoms with Crippen molar-refractivity contribution in [3.05, 3.63) is 34.9 Å². The van der Waals surface area contributed by atoms with Gasteiger partial charge >= 0.3 is 0 Å². The number of nitrogens with zero attached hydrogens (tertiary/aromatic N) is 1. The molecule has 1 amide bonds. The third-order valence-corrected chi connectivity index (χ3v) is 3.21. The molecule has 0 bridgehead atoms. The van der Waals surface area contributed by atoms with Gasteiger partial charge in [0.05, 0.1) is 6.54 Å². The van der Waals surface area contributed by atoms with E-state index in [4.69, 9.17) is 6.42 Å². The van der Waals surface area contributed by atoms with Gasteiger partial charge in [-0.3, -0.25) is 4.79 Å². The second-order valence-corrected chi connectivity index (χ2v) is 5.21. The highest BCUT2D eigenvalue weighted by Crippen LogP contribution is 2.30. The Morgan fingerprint density at radius 1 is 1.33 bits per heavy atom. The van der Waals surface area contributed by atoms with E-state index in [-0.39, 0.29) is 5.91 Å². The van der Waals surface area contributed by atoms with Crippen molar-refractivity contribution in [1.82, 2.24) is 4.90 Å². The second kappa shape index (κ2) is 5.27. The first-order valence-corrected chi connectivity index (χ1v) is 6.41. The fourth-order valence-corrected chi connectivity index (χ4v) is 2.22. The molecule has 1 aliphatic carbocycles. The van der Waals surface area contributed by atoms with Crippen molar-refractivity contribution in [3.63, 3.8) is 0 Å². The van der Waals surface area contributed by atoms with Crippen LogP contribution >= 0.6 is 0 Å². The Labute approximate surface area is 109 Å². The molecule has 1 aromatic carbocycles. The maximum absolute atomic E-state index is 12.4. The fourth-order valence-electron chi connectivity index (χ4n) is 2.22. The number of amides is 1. The lowest BCUT2D eigenvalue weighted by atomic mass is 10.1. The van der Waals surface area contributed by atoms with Gasteiger partial charge in [-0.1, -0.05) is 23.1 Å². The van der Waals surface area contributed by atoms with E-state index in [2.05, 4.69) is 12.0 Å². The van der Waals surface area contributed by atoms with Crippen molar-refractivity contribution in [2.24, 2.45) is 5.92 Å². The quantitative estimate of drug-likeness (QED) is 0.742. The van der Waals surface area contributed by atoms with E-state index in [1.54, 1.807) is 4.90 Å². The molecule has 1 saturated carbocycles. The third-order valence-electron chi connectivity index (χ3n) is 3.21. The van der Waals surface area contributed by atoms with E-state index in [0.29, 0.717) is 12.5 Å². The van der Waals surface area contributed by atoms with Crippen LogP contribution in [0.4, 0.5) is 0 Å². The molecule has 0 aromatic heterocycles. The van der Waals surface area contributed by atoms with Crippen molar-refractivity contribution < 1.29 is 4.79 Å². The van der Waals surface area contributed by atoms with E-state index >= 15 is 0 Å². The summed E-state index contributed by atoms with van der Waals surface area (Å²) in [6, 6.07) is 5.95. The standard InChI is InChI=1S/C16H19NO/c1-4-7-17(11-14-5-6-14)16(18)15-9-12(2)8-13(3)10-15/h1,8-10,14H,5-7,11H2,2-3H3. The summed E-state index contributed by atoms with van der Waals surface area (Å²) < 4.78 is 0. The SMILES string of the molecule is C#CCN(CC1CC1)C(=O)c1cc(C)cc(C)c1. The van der Waals surface area contributed by atoms with Gasteiger partial charge in [0.2, 0.25) is 0 Å². The minimum Gasteiger partial charge on any atom is -0.327 e. The monoisotopic (exact) mass is 241 g/mol. The van der Waals surface area contributed by atoms with E-state index in [0.717, 1.165) is 23.2 Å². The molecule has 0 radical (unpaired) electrons. The van der Waals surface area contributed by atoms with Crippen LogP contribution in [0.1, 0.15) is 34.3 Å². The lowest BCUT2D eigenvalue weighted by molar-refractivity contribution is 0.0769. The van der Waals surface area contributed by atoms with Gasteiger partial charge in [0.1, 0.15) is 0 Å². The zero-order chi connectivity index (χ0) is 13.1. The van der Waals surface area contributed by atoms with Gasteiger partial charge in [-0.25, -0.2) is 0 Å². The van der Waals surface area contributed by atoms with Gasteiger partial charge < -0.3 is 4.90 Å². The molecule has 0 heterocycles. The fraction of sp³-hybridized carbons (Fsp3) is 0.438. The van der Waals surface area contributed by atoms with Crippen molar-refractivity contribution in [2.45, 2.75) is 26.7 Å². The molecular weight excluding hydrogens is 222 g/mol. The minimum atomic E-state index is 0.0617. The van der Waals surface area contributed by atoms with E-state index in [9.17, 15) is 4.79 Å². The molecule has 0 spiro atoms. The highest BCUT2D eigenvalue weighted by atomic mass is 16.2. The molecule has 0 N–H and O–H groups in total. The highest BCUT2D eigenvalue weighted by molar-refractivity contribution is 5.94. The topological polar surface area (TPSA) is 20.3 Å². The molecule has 18 heavy (non-hydrogen) atoms. The number of aryl methyl sites for hydroxylation is 2. The van der Waals surface area contributed by atoms with E-state index in [1.165, 1.54) is 12.8 Å². The van der Waals surface area contributed by atoms with Crippen LogP contribution in [0.15, 0.2) is 18.2 Å². The van der Waals surface area contributed by atoms with Gasteiger partial charge in [0.25, 0.3) is 5.91 Å². The first kappa shape index (κ1) is 12.7. The summed E-state index contributed by atoms with van der Waals surface area (Å²) in [5.74, 6) is 3.31. The normalized spacial score (nSPS) is 14.1. The van der Waals surface area contributed by atoms with Crippen LogP contribution in [0.5, 0.6) is 0 Å². The zero-order valence-electron chi connectivity index (χ0n) is 11.1. The second-order valence-electron chi connectivity index (χ2n) is 5.21. The number of rotatable bonds is 4. The average Bonchev–Trinajstić information content (AvgIpc) is 3.10. The molecule has 0 unspecified atom stereocenters. The van der Waals surface area contributed by atoms with Crippen molar-refractivity contribution in [3.8, 4) is 12.3 Å².